The minimum Gasteiger partial charge on any atom is -0.343 e. The summed E-state index contributed by atoms with van der Waals surface area (Å²) in [5, 5.41) is 2.71. The molecule has 0 atom stereocenters. The summed E-state index contributed by atoms with van der Waals surface area (Å²) >= 11 is 0. The van der Waals surface area contributed by atoms with Crippen molar-refractivity contribution in [1.29, 1.82) is 0 Å². The molecule has 1 fully saturated rings. The first-order valence-corrected chi connectivity index (χ1v) is 9.22. The van der Waals surface area contributed by atoms with E-state index in [-0.39, 0.29) is 18.4 Å². The number of piperazine rings is 1. The normalized spacial score (nSPS) is 15.0. The van der Waals surface area contributed by atoms with Crippen molar-refractivity contribution in [2.24, 2.45) is 0 Å². The Labute approximate surface area is 159 Å². The van der Waals surface area contributed by atoms with Crippen LogP contribution in [0.25, 0.3) is 11.4 Å². The Balaban J connectivity index is 1.50. The summed E-state index contributed by atoms with van der Waals surface area (Å²) in [5.74, 6) is 0.311. The van der Waals surface area contributed by atoms with Crippen LogP contribution in [0.2, 0.25) is 0 Å². The monoisotopic (exact) mass is 367 g/mol. The zero-order valence-electron chi connectivity index (χ0n) is 15.8. The molecule has 7 heteroatoms. The molecule has 1 aliphatic rings. The highest BCUT2D eigenvalue weighted by Crippen LogP contribution is 2.14. The van der Waals surface area contributed by atoms with Gasteiger partial charge in [0.1, 0.15) is 0 Å². The van der Waals surface area contributed by atoms with Crippen LogP contribution in [0.3, 0.4) is 0 Å². The van der Waals surface area contributed by atoms with Crippen molar-refractivity contribution in [1.82, 2.24) is 25.1 Å². The molecule has 1 N–H and O–H groups in total. The topological polar surface area (TPSA) is 78.4 Å². The maximum Gasteiger partial charge on any atom is 0.251 e. The lowest BCUT2D eigenvalue weighted by molar-refractivity contribution is -0.132. The summed E-state index contributed by atoms with van der Waals surface area (Å²) in [6.07, 6.45) is 3.35. The third-order valence-electron chi connectivity index (χ3n) is 4.77. The maximum absolute atomic E-state index is 12.3. The van der Waals surface area contributed by atoms with Crippen molar-refractivity contribution in [2.75, 3.05) is 32.7 Å². The minimum atomic E-state index is -0.260. The lowest BCUT2D eigenvalue weighted by Gasteiger charge is -2.36. The highest BCUT2D eigenvalue weighted by molar-refractivity contribution is 5.96. The van der Waals surface area contributed by atoms with Gasteiger partial charge in [0.15, 0.2) is 5.82 Å². The van der Waals surface area contributed by atoms with E-state index in [1.807, 2.05) is 4.90 Å². The van der Waals surface area contributed by atoms with E-state index in [9.17, 15) is 9.59 Å². The van der Waals surface area contributed by atoms with Gasteiger partial charge in [-0.3, -0.25) is 14.5 Å². The maximum atomic E-state index is 12.3. The molecule has 0 saturated carbocycles. The van der Waals surface area contributed by atoms with Crippen LogP contribution >= 0.6 is 0 Å². The van der Waals surface area contributed by atoms with Crippen molar-refractivity contribution in [3.8, 4) is 11.4 Å². The van der Waals surface area contributed by atoms with E-state index in [1.54, 1.807) is 42.7 Å². The smallest absolute Gasteiger partial charge is 0.251 e. The van der Waals surface area contributed by atoms with Gasteiger partial charge in [-0.25, -0.2) is 9.97 Å². The van der Waals surface area contributed by atoms with Gasteiger partial charge in [0.25, 0.3) is 5.91 Å². The summed E-state index contributed by atoms with van der Waals surface area (Å²) < 4.78 is 0. The zero-order valence-corrected chi connectivity index (χ0v) is 15.8. The number of hydrogen-bond acceptors (Lipinski definition) is 5. The third kappa shape index (κ3) is 4.89. The summed E-state index contributed by atoms with van der Waals surface area (Å²) in [5.41, 5.74) is 1.35. The minimum absolute atomic E-state index is 0.0179. The van der Waals surface area contributed by atoms with Gasteiger partial charge in [0.2, 0.25) is 5.91 Å². The molecule has 7 nitrogen and oxygen atoms in total. The molecule has 0 bridgehead atoms. The molecule has 2 amide bonds. The Morgan fingerprint density at radius 2 is 1.67 bits per heavy atom. The average molecular weight is 367 g/mol. The van der Waals surface area contributed by atoms with E-state index >= 15 is 0 Å². The van der Waals surface area contributed by atoms with E-state index < -0.39 is 0 Å². The van der Waals surface area contributed by atoms with E-state index in [0.29, 0.717) is 30.5 Å². The molecule has 2 heterocycles. The number of rotatable bonds is 5. The van der Waals surface area contributed by atoms with Gasteiger partial charge in [-0.15, -0.1) is 0 Å². The zero-order chi connectivity index (χ0) is 19.2. The first-order valence-electron chi connectivity index (χ1n) is 9.22. The second-order valence-corrected chi connectivity index (χ2v) is 6.84. The number of benzene rings is 1. The quantitative estimate of drug-likeness (QED) is 0.865. The Morgan fingerprint density at radius 1 is 1.04 bits per heavy atom. The largest absolute Gasteiger partial charge is 0.343 e. The van der Waals surface area contributed by atoms with Crippen molar-refractivity contribution < 1.29 is 9.59 Å². The second-order valence-electron chi connectivity index (χ2n) is 6.84. The molecule has 1 aliphatic heterocycles. The van der Waals surface area contributed by atoms with Crippen LogP contribution in [0, 0.1) is 0 Å². The van der Waals surface area contributed by atoms with Crippen LogP contribution in [-0.4, -0.2) is 70.3 Å². The molecule has 1 aromatic carbocycles. The predicted molar refractivity (Wildman–Crippen MR) is 103 cm³/mol. The fraction of sp³-hybridized carbons (Fsp3) is 0.400. The molecule has 2 aromatic rings. The number of carbonyl (C=O) groups is 2. The predicted octanol–water partition coefficient (Wildman–Crippen LogP) is 1.43. The van der Waals surface area contributed by atoms with Gasteiger partial charge >= 0.3 is 0 Å². The van der Waals surface area contributed by atoms with Crippen LogP contribution in [0.15, 0.2) is 42.7 Å². The van der Waals surface area contributed by atoms with Crippen LogP contribution in [0.5, 0.6) is 0 Å². The van der Waals surface area contributed by atoms with Crippen molar-refractivity contribution in [3.05, 3.63) is 48.3 Å². The molecule has 1 aromatic heterocycles. The summed E-state index contributed by atoms with van der Waals surface area (Å²) in [7, 11) is 0. The lowest BCUT2D eigenvalue weighted by Crippen LogP contribution is -2.52. The molecule has 3 rings (SSSR count). The Morgan fingerprint density at radius 3 is 2.26 bits per heavy atom. The summed E-state index contributed by atoms with van der Waals surface area (Å²) in [6, 6.07) is 9.28. The molecular weight excluding hydrogens is 342 g/mol. The van der Waals surface area contributed by atoms with Crippen LogP contribution in [-0.2, 0) is 4.79 Å². The first kappa shape index (κ1) is 19.0. The molecule has 0 spiro atoms. The number of nitrogens with one attached hydrogen (secondary N) is 1. The first-order chi connectivity index (χ1) is 13.0. The second kappa shape index (κ2) is 8.73. The van der Waals surface area contributed by atoms with Gasteiger partial charge in [-0.1, -0.05) is 12.1 Å². The van der Waals surface area contributed by atoms with Crippen molar-refractivity contribution in [2.45, 2.75) is 19.9 Å². The van der Waals surface area contributed by atoms with E-state index in [2.05, 4.69) is 34.0 Å². The Hall–Kier alpha value is -2.80. The van der Waals surface area contributed by atoms with Crippen molar-refractivity contribution in [3.63, 3.8) is 0 Å². The van der Waals surface area contributed by atoms with Gasteiger partial charge in [0.05, 0.1) is 6.54 Å². The lowest BCUT2D eigenvalue weighted by atomic mass is 10.1. The summed E-state index contributed by atoms with van der Waals surface area (Å²) in [4.78, 5) is 37.2. The molecule has 27 heavy (non-hydrogen) atoms. The van der Waals surface area contributed by atoms with E-state index in [4.69, 9.17) is 0 Å². The molecule has 1 saturated heterocycles. The van der Waals surface area contributed by atoms with Crippen LogP contribution in [0.1, 0.15) is 24.2 Å². The standard InChI is InChI=1S/C20H25N5O2/c1-15(2)24-10-12-25(13-11-24)18(26)14-23-20(27)17-6-4-16(5-7-17)19-21-8-3-9-22-19/h3-9,15H,10-14H2,1-2H3,(H,23,27). The SMILES string of the molecule is CC(C)N1CCN(C(=O)CNC(=O)c2ccc(-c3ncccn3)cc2)CC1. The number of nitrogens with zero attached hydrogens (tertiary/aromatic N) is 4. The van der Waals surface area contributed by atoms with Gasteiger partial charge in [-0.05, 0) is 32.0 Å². The fourth-order valence-electron chi connectivity index (χ4n) is 3.08. The van der Waals surface area contributed by atoms with E-state index in [1.165, 1.54) is 0 Å². The van der Waals surface area contributed by atoms with Gasteiger partial charge in [0, 0.05) is 55.7 Å². The van der Waals surface area contributed by atoms with Gasteiger partial charge in [-0.2, -0.15) is 0 Å². The Bertz CT molecular complexity index is 769. The van der Waals surface area contributed by atoms with Gasteiger partial charge < -0.3 is 10.2 Å². The number of aromatic nitrogens is 2. The molecule has 0 aliphatic carbocycles. The highest BCUT2D eigenvalue weighted by atomic mass is 16.2. The fourth-order valence-corrected chi connectivity index (χ4v) is 3.08. The highest BCUT2D eigenvalue weighted by Gasteiger charge is 2.22. The number of hydrogen-bond donors (Lipinski definition) is 1. The summed E-state index contributed by atoms with van der Waals surface area (Å²) in [6.45, 7) is 7.50. The van der Waals surface area contributed by atoms with Crippen LogP contribution in [0.4, 0.5) is 0 Å². The number of amides is 2. The molecular formula is C20H25N5O2. The van der Waals surface area contributed by atoms with E-state index in [0.717, 1.165) is 18.7 Å². The van der Waals surface area contributed by atoms with Crippen molar-refractivity contribution >= 4 is 11.8 Å². The average Bonchev–Trinajstić information content (AvgIpc) is 2.72. The molecule has 142 valence electrons. The Kier molecular flexibility index (Phi) is 6.13. The third-order valence-corrected chi connectivity index (χ3v) is 4.77. The molecule has 0 unspecified atom stereocenters. The number of carbonyl (C=O) groups excluding carboxylic acids is 2. The van der Waals surface area contributed by atoms with Crippen LogP contribution < -0.4 is 5.32 Å². The molecule has 0 radical (unpaired) electrons.